The van der Waals surface area contributed by atoms with E-state index in [2.05, 4.69) is 5.32 Å². The zero-order valence-corrected chi connectivity index (χ0v) is 9.85. The van der Waals surface area contributed by atoms with Gasteiger partial charge in [-0.3, -0.25) is 4.79 Å². The second-order valence-corrected chi connectivity index (χ2v) is 3.62. The maximum atomic E-state index is 11.7. The van der Waals surface area contributed by atoms with E-state index < -0.39 is 5.91 Å². The van der Waals surface area contributed by atoms with Crippen LogP contribution in [-0.2, 0) is 11.3 Å². The van der Waals surface area contributed by atoms with Crippen molar-refractivity contribution >= 4 is 11.9 Å². The minimum atomic E-state index is -0.512. The van der Waals surface area contributed by atoms with Crippen molar-refractivity contribution in [3.8, 4) is 0 Å². The molecule has 0 bridgehead atoms. The number of nitrogens with two attached hydrogens (primary N) is 1. The predicted molar refractivity (Wildman–Crippen MR) is 65.1 cm³/mol. The van der Waals surface area contributed by atoms with Crippen molar-refractivity contribution in [1.82, 2.24) is 10.2 Å². The first-order valence-electron chi connectivity index (χ1n) is 5.48. The third-order valence-corrected chi connectivity index (χ3v) is 2.30. The summed E-state index contributed by atoms with van der Waals surface area (Å²) >= 11 is 0. The molecule has 5 nitrogen and oxygen atoms in total. The summed E-state index contributed by atoms with van der Waals surface area (Å²) in [6.07, 6.45) is 0. The molecule has 0 aliphatic heterocycles. The topological polar surface area (TPSA) is 75.4 Å². The standard InChI is InChI=1S/C12H17N3O2/c1-2-15(9-11(13)16)12(17)14-8-10-6-4-3-5-7-10/h3-7H,2,8-9H2,1H3,(H2,13,16)(H,14,17). The number of nitrogens with zero attached hydrogens (tertiary/aromatic N) is 1. The largest absolute Gasteiger partial charge is 0.368 e. The van der Waals surface area contributed by atoms with Crippen molar-refractivity contribution in [3.63, 3.8) is 0 Å². The average Bonchev–Trinajstić information content (AvgIpc) is 2.34. The van der Waals surface area contributed by atoms with Gasteiger partial charge < -0.3 is 16.0 Å². The number of carbonyl (C=O) groups excluding carboxylic acids is 2. The summed E-state index contributed by atoms with van der Waals surface area (Å²) in [5.41, 5.74) is 6.06. The van der Waals surface area contributed by atoms with Crippen molar-refractivity contribution < 1.29 is 9.59 Å². The zero-order chi connectivity index (χ0) is 12.7. The van der Waals surface area contributed by atoms with Crippen LogP contribution >= 0.6 is 0 Å². The number of benzene rings is 1. The smallest absolute Gasteiger partial charge is 0.318 e. The molecule has 0 aromatic heterocycles. The molecule has 0 aliphatic rings. The van der Waals surface area contributed by atoms with Gasteiger partial charge in [-0.25, -0.2) is 4.79 Å². The molecule has 0 aliphatic carbocycles. The summed E-state index contributed by atoms with van der Waals surface area (Å²) in [6.45, 7) is 2.63. The Morgan fingerprint density at radius 2 is 1.94 bits per heavy atom. The van der Waals surface area contributed by atoms with Crippen molar-refractivity contribution in [3.05, 3.63) is 35.9 Å². The van der Waals surface area contributed by atoms with Gasteiger partial charge in [-0.15, -0.1) is 0 Å². The summed E-state index contributed by atoms with van der Waals surface area (Å²) in [5.74, 6) is -0.512. The maximum Gasteiger partial charge on any atom is 0.318 e. The van der Waals surface area contributed by atoms with Gasteiger partial charge in [0.05, 0.1) is 0 Å². The number of carbonyl (C=O) groups is 2. The molecule has 3 amide bonds. The lowest BCUT2D eigenvalue weighted by atomic mass is 10.2. The summed E-state index contributed by atoms with van der Waals surface area (Å²) in [6, 6.07) is 9.28. The van der Waals surface area contributed by atoms with Gasteiger partial charge in [-0.1, -0.05) is 30.3 Å². The van der Waals surface area contributed by atoms with E-state index in [-0.39, 0.29) is 12.6 Å². The Morgan fingerprint density at radius 3 is 2.47 bits per heavy atom. The van der Waals surface area contributed by atoms with E-state index in [9.17, 15) is 9.59 Å². The number of nitrogens with one attached hydrogen (secondary N) is 1. The fourth-order valence-corrected chi connectivity index (χ4v) is 1.40. The molecule has 17 heavy (non-hydrogen) atoms. The first kappa shape index (κ1) is 13.0. The first-order chi connectivity index (χ1) is 8.13. The molecule has 0 saturated carbocycles. The number of hydrogen-bond donors (Lipinski definition) is 2. The van der Waals surface area contributed by atoms with Gasteiger partial charge in [0.1, 0.15) is 6.54 Å². The van der Waals surface area contributed by atoms with E-state index in [0.29, 0.717) is 13.1 Å². The van der Waals surface area contributed by atoms with Crippen LogP contribution in [0.1, 0.15) is 12.5 Å². The van der Waals surface area contributed by atoms with Crippen LogP contribution in [0, 0.1) is 0 Å². The van der Waals surface area contributed by atoms with Crippen LogP contribution in [0.4, 0.5) is 4.79 Å². The highest BCUT2D eigenvalue weighted by atomic mass is 16.2. The van der Waals surface area contributed by atoms with Crippen LogP contribution in [0.15, 0.2) is 30.3 Å². The third-order valence-electron chi connectivity index (χ3n) is 2.30. The Kier molecular flexibility index (Phi) is 5.00. The SMILES string of the molecule is CCN(CC(N)=O)C(=O)NCc1ccccc1. The van der Waals surface area contributed by atoms with Gasteiger partial charge >= 0.3 is 6.03 Å². The van der Waals surface area contributed by atoms with E-state index >= 15 is 0 Å². The molecule has 0 atom stereocenters. The Balaban J connectivity index is 2.45. The van der Waals surface area contributed by atoms with Gasteiger partial charge in [0.25, 0.3) is 0 Å². The van der Waals surface area contributed by atoms with Crippen LogP contribution in [0.3, 0.4) is 0 Å². The van der Waals surface area contributed by atoms with E-state index in [1.54, 1.807) is 6.92 Å². The number of amides is 3. The predicted octanol–water partition coefficient (Wildman–Crippen LogP) is 0.703. The Morgan fingerprint density at radius 1 is 1.29 bits per heavy atom. The number of rotatable bonds is 5. The zero-order valence-electron chi connectivity index (χ0n) is 9.85. The quantitative estimate of drug-likeness (QED) is 0.788. The normalized spacial score (nSPS) is 9.71. The number of urea groups is 1. The fourth-order valence-electron chi connectivity index (χ4n) is 1.40. The maximum absolute atomic E-state index is 11.7. The van der Waals surface area contributed by atoms with Crippen molar-refractivity contribution in [1.29, 1.82) is 0 Å². The molecule has 0 radical (unpaired) electrons. The van der Waals surface area contributed by atoms with Crippen LogP contribution in [0.5, 0.6) is 0 Å². The summed E-state index contributed by atoms with van der Waals surface area (Å²) in [5, 5.41) is 2.73. The van der Waals surface area contributed by atoms with Crippen LogP contribution in [0.25, 0.3) is 0 Å². The monoisotopic (exact) mass is 235 g/mol. The van der Waals surface area contributed by atoms with Gasteiger partial charge in [-0.05, 0) is 12.5 Å². The summed E-state index contributed by atoms with van der Waals surface area (Å²) in [4.78, 5) is 23.8. The lowest BCUT2D eigenvalue weighted by Gasteiger charge is -2.19. The van der Waals surface area contributed by atoms with E-state index in [1.807, 2.05) is 30.3 Å². The summed E-state index contributed by atoms with van der Waals surface area (Å²) < 4.78 is 0. The number of primary amides is 1. The minimum Gasteiger partial charge on any atom is -0.368 e. The summed E-state index contributed by atoms with van der Waals surface area (Å²) in [7, 11) is 0. The average molecular weight is 235 g/mol. The van der Waals surface area contributed by atoms with Crippen LogP contribution in [-0.4, -0.2) is 29.9 Å². The van der Waals surface area contributed by atoms with Gasteiger partial charge in [0.2, 0.25) is 5.91 Å². The van der Waals surface area contributed by atoms with E-state index in [4.69, 9.17) is 5.73 Å². The second kappa shape index (κ2) is 6.52. The molecule has 0 spiro atoms. The first-order valence-corrected chi connectivity index (χ1v) is 5.48. The van der Waals surface area contributed by atoms with Crippen molar-refractivity contribution in [2.45, 2.75) is 13.5 Å². The molecule has 0 saturated heterocycles. The van der Waals surface area contributed by atoms with Crippen LogP contribution in [0.2, 0.25) is 0 Å². The minimum absolute atomic E-state index is 0.0584. The second-order valence-electron chi connectivity index (χ2n) is 3.62. The number of hydrogen-bond acceptors (Lipinski definition) is 2. The third kappa shape index (κ3) is 4.55. The van der Waals surface area contributed by atoms with E-state index in [1.165, 1.54) is 4.90 Å². The molecule has 1 rings (SSSR count). The molecule has 92 valence electrons. The van der Waals surface area contributed by atoms with Crippen LogP contribution < -0.4 is 11.1 Å². The van der Waals surface area contributed by atoms with E-state index in [0.717, 1.165) is 5.56 Å². The van der Waals surface area contributed by atoms with Crippen molar-refractivity contribution in [2.24, 2.45) is 5.73 Å². The Bertz CT molecular complexity index is 379. The molecular weight excluding hydrogens is 218 g/mol. The molecule has 5 heteroatoms. The molecule has 1 aromatic rings. The number of likely N-dealkylation sites (N-methyl/N-ethyl adjacent to an activating group) is 1. The highest BCUT2D eigenvalue weighted by molar-refractivity contribution is 5.82. The fraction of sp³-hybridized carbons (Fsp3) is 0.333. The van der Waals surface area contributed by atoms with Gasteiger partial charge in [0.15, 0.2) is 0 Å². The molecule has 0 fully saturated rings. The van der Waals surface area contributed by atoms with Gasteiger partial charge in [0, 0.05) is 13.1 Å². The van der Waals surface area contributed by atoms with Crippen molar-refractivity contribution in [2.75, 3.05) is 13.1 Å². The lowest BCUT2D eigenvalue weighted by molar-refractivity contribution is -0.118. The Labute approximate surface area is 101 Å². The highest BCUT2D eigenvalue weighted by Crippen LogP contribution is 1.98. The van der Waals surface area contributed by atoms with Gasteiger partial charge in [-0.2, -0.15) is 0 Å². The Hall–Kier alpha value is -2.04. The molecular formula is C12H17N3O2. The molecule has 0 unspecified atom stereocenters. The highest BCUT2D eigenvalue weighted by Gasteiger charge is 2.12. The molecule has 0 heterocycles. The molecule has 3 N–H and O–H groups in total. The molecule has 1 aromatic carbocycles. The lowest BCUT2D eigenvalue weighted by Crippen LogP contribution is -2.43.